The van der Waals surface area contributed by atoms with Gasteiger partial charge < -0.3 is 14.8 Å². The van der Waals surface area contributed by atoms with Crippen LogP contribution in [-0.2, 0) is 11.3 Å². The molecular weight excluding hydrogens is 320 g/mol. The number of rotatable bonds is 6. The van der Waals surface area contributed by atoms with Gasteiger partial charge in [-0.25, -0.2) is 0 Å². The number of hydrogen-bond acceptors (Lipinski definition) is 4. The van der Waals surface area contributed by atoms with Crippen LogP contribution in [0.15, 0.2) is 22.7 Å². The summed E-state index contributed by atoms with van der Waals surface area (Å²) in [5.74, 6) is 0.894. The highest BCUT2D eigenvalue weighted by molar-refractivity contribution is 9.10. The molecule has 1 N–H and O–H groups in total. The molecular formula is C15H23BrN2O2. The lowest BCUT2D eigenvalue weighted by atomic mass is 10.2. The predicted molar refractivity (Wildman–Crippen MR) is 84.3 cm³/mol. The second kappa shape index (κ2) is 7.98. The van der Waals surface area contributed by atoms with E-state index < -0.39 is 0 Å². The van der Waals surface area contributed by atoms with E-state index in [2.05, 4.69) is 39.1 Å². The molecule has 0 aliphatic carbocycles. The fourth-order valence-corrected chi connectivity index (χ4v) is 2.72. The molecule has 0 bridgehead atoms. The molecule has 1 aromatic rings. The van der Waals surface area contributed by atoms with Gasteiger partial charge in [0.2, 0.25) is 0 Å². The van der Waals surface area contributed by atoms with E-state index in [1.165, 1.54) is 5.56 Å². The molecule has 1 fully saturated rings. The summed E-state index contributed by atoms with van der Waals surface area (Å²) in [5, 5.41) is 3.57. The first-order valence-corrected chi connectivity index (χ1v) is 7.84. The molecule has 0 radical (unpaired) electrons. The highest BCUT2D eigenvalue weighted by Crippen LogP contribution is 2.22. The lowest BCUT2D eigenvalue weighted by molar-refractivity contribution is 0.0343. The molecule has 1 aliphatic rings. The number of benzene rings is 1. The van der Waals surface area contributed by atoms with Gasteiger partial charge in [-0.15, -0.1) is 0 Å². The zero-order valence-electron chi connectivity index (χ0n) is 12.2. The molecule has 112 valence electrons. The van der Waals surface area contributed by atoms with Crippen molar-refractivity contribution in [3.63, 3.8) is 0 Å². The van der Waals surface area contributed by atoms with Crippen LogP contribution in [0.1, 0.15) is 12.5 Å². The van der Waals surface area contributed by atoms with Gasteiger partial charge in [-0.3, -0.25) is 4.90 Å². The maximum absolute atomic E-state index is 5.37. The standard InChI is InChI=1S/C15H23BrN2O2/c1-12(11-18-5-7-20-8-6-18)17-10-13-9-14(19-2)3-4-15(13)16/h3-4,9,12,17H,5-8,10-11H2,1-2H3. The third-order valence-corrected chi connectivity index (χ3v) is 4.30. The van der Waals surface area contributed by atoms with Crippen molar-refractivity contribution in [2.24, 2.45) is 0 Å². The zero-order valence-corrected chi connectivity index (χ0v) is 13.8. The fraction of sp³-hybridized carbons (Fsp3) is 0.600. The number of ether oxygens (including phenoxy) is 2. The maximum Gasteiger partial charge on any atom is 0.119 e. The third-order valence-electron chi connectivity index (χ3n) is 3.53. The third kappa shape index (κ3) is 4.74. The molecule has 1 aromatic carbocycles. The smallest absolute Gasteiger partial charge is 0.119 e. The van der Waals surface area contributed by atoms with Crippen LogP contribution in [0.2, 0.25) is 0 Å². The molecule has 5 heteroatoms. The number of methoxy groups -OCH3 is 1. The number of nitrogens with one attached hydrogen (secondary N) is 1. The normalized spacial score (nSPS) is 17.9. The Morgan fingerprint density at radius 1 is 1.40 bits per heavy atom. The average molecular weight is 343 g/mol. The van der Waals surface area contributed by atoms with E-state index in [0.717, 1.165) is 49.6 Å². The highest BCUT2D eigenvalue weighted by atomic mass is 79.9. The Morgan fingerprint density at radius 3 is 2.85 bits per heavy atom. The Morgan fingerprint density at radius 2 is 2.15 bits per heavy atom. The topological polar surface area (TPSA) is 33.7 Å². The molecule has 1 aliphatic heterocycles. The highest BCUT2D eigenvalue weighted by Gasteiger charge is 2.13. The van der Waals surface area contributed by atoms with Crippen LogP contribution in [0.5, 0.6) is 5.75 Å². The van der Waals surface area contributed by atoms with Gasteiger partial charge in [0.15, 0.2) is 0 Å². The van der Waals surface area contributed by atoms with Gasteiger partial charge in [0.1, 0.15) is 5.75 Å². The van der Waals surface area contributed by atoms with Crippen LogP contribution >= 0.6 is 15.9 Å². The Hall–Kier alpha value is -0.620. The Bertz CT molecular complexity index is 422. The molecule has 20 heavy (non-hydrogen) atoms. The summed E-state index contributed by atoms with van der Waals surface area (Å²) < 4.78 is 11.8. The predicted octanol–water partition coefficient (Wildman–Crippen LogP) is 2.27. The van der Waals surface area contributed by atoms with Crippen molar-refractivity contribution in [2.75, 3.05) is 40.0 Å². The summed E-state index contributed by atoms with van der Waals surface area (Å²) in [5.41, 5.74) is 1.22. The van der Waals surface area contributed by atoms with Crippen LogP contribution in [-0.4, -0.2) is 50.9 Å². The van der Waals surface area contributed by atoms with E-state index in [1.54, 1.807) is 7.11 Å². The average Bonchev–Trinajstić information content (AvgIpc) is 2.47. The van der Waals surface area contributed by atoms with Crippen LogP contribution in [0.3, 0.4) is 0 Å². The maximum atomic E-state index is 5.37. The quantitative estimate of drug-likeness (QED) is 0.859. The summed E-state index contributed by atoms with van der Waals surface area (Å²) in [6.07, 6.45) is 0. The van der Waals surface area contributed by atoms with E-state index >= 15 is 0 Å². The van der Waals surface area contributed by atoms with Gasteiger partial charge >= 0.3 is 0 Å². The van der Waals surface area contributed by atoms with Crippen LogP contribution in [0.25, 0.3) is 0 Å². The first-order valence-electron chi connectivity index (χ1n) is 7.05. The second-order valence-electron chi connectivity index (χ2n) is 5.15. The fourth-order valence-electron chi connectivity index (χ4n) is 2.33. The molecule has 1 unspecified atom stereocenters. The molecule has 2 rings (SSSR count). The SMILES string of the molecule is COc1ccc(Br)c(CNC(C)CN2CCOCC2)c1. The Balaban J connectivity index is 1.81. The van der Waals surface area contributed by atoms with Crippen molar-refractivity contribution in [2.45, 2.75) is 19.5 Å². The second-order valence-corrected chi connectivity index (χ2v) is 6.01. The van der Waals surface area contributed by atoms with E-state index in [4.69, 9.17) is 9.47 Å². The minimum Gasteiger partial charge on any atom is -0.497 e. The van der Waals surface area contributed by atoms with Crippen molar-refractivity contribution < 1.29 is 9.47 Å². The van der Waals surface area contributed by atoms with Crippen molar-refractivity contribution in [3.8, 4) is 5.75 Å². The van der Waals surface area contributed by atoms with Crippen molar-refractivity contribution in [3.05, 3.63) is 28.2 Å². The number of halogens is 1. The summed E-state index contributed by atoms with van der Waals surface area (Å²) in [6.45, 7) is 7.91. The lowest BCUT2D eigenvalue weighted by Crippen LogP contribution is -2.44. The van der Waals surface area contributed by atoms with Crippen molar-refractivity contribution in [1.82, 2.24) is 10.2 Å². The minimum atomic E-state index is 0.450. The van der Waals surface area contributed by atoms with E-state index in [-0.39, 0.29) is 0 Å². The molecule has 1 heterocycles. The Labute approximate surface area is 129 Å². The van der Waals surface area contributed by atoms with E-state index in [0.29, 0.717) is 6.04 Å². The van der Waals surface area contributed by atoms with Crippen molar-refractivity contribution >= 4 is 15.9 Å². The summed E-state index contributed by atoms with van der Waals surface area (Å²) in [7, 11) is 1.70. The lowest BCUT2D eigenvalue weighted by Gasteiger charge is -2.29. The number of nitrogens with zero attached hydrogens (tertiary/aromatic N) is 1. The van der Waals surface area contributed by atoms with Gasteiger partial charge in [-0.2, -0.15) is 0 Å². The number of morpholine rings is 1. The van der Waals surface area contributed by atoms with Gasteiger partial charge in [-0.05, 0) is 30.7 Å². The monoisotopic (exact) mass is 342 g/mol. The molecule has 0 saturated carbocycles. The molecule has 0 aromatic heterocycles. The van der Waals surface area contributed by atoms with Gasteiger partial charge in [0, 0.05) is 36.7 Å². The largest absolute Gasteiger partial charge is 0.497 e. The van der Waals surface area contributed by atoms with Gasteiger partial charge in [-0.1, -0.05) is 15.9 Å². The first-order chi connectivity index (χ1) is 9.69. The van der Waals surface area contributed by atoms with Crippen molar-refractivity contribution in [1.29, 1.82) is 0 Å². The summed E-state index contributed by atoms with van der Waals surface area (Å²) >= 11 is 3.59. The minimum absolute atomic E-state index is 0.450. The van der Waals surface area contributed by atoms with Gasteiger partial charge in [0.05, 0.1) is 20.3 Å². The van der Waals surface area contributed by atoms with E-state index in [9.17, 15) is 0 Å². The van der Waals surface area contributed by atoms with E-state index in [1.807, 2.05) is 12.1 Å². The summed E-state index contributed by atoms with van der Waals surface area (Å²) in [6, 6.07) is 6.51. The van der Waals surface area contributed by atoms with Crippen LogP contribution in [0.4, 0.5) is 0 Å². The summed E-state index contributed by atoms with van der Waals surface area (Å²) in [4.78, 5) is 2.45. The molecule has 0 amide bonds. The molecule has 1 saturated heterocycles. The van der Waals surface area contributed by atoms with Crippen LogP contribution in [0, 0.1) is 0 Å². The van der Waals surface area contributed by atoms with Crippen LogP contribution < -0.4 is 10.1 Å². The Kier molecular flexibility index (Phi) is 6.29. The zero-order chi connectivity index (χ0) is 14.4. The first kappa shape index (κ1) is 15.8. The molecule has 1 atom stereocenters. The molecule has 0 spiro atoms. The van der Waals surface area contributed by atoms with Gasteiger partial charge in [0.25, 0.3) is 0 Å². The number of hydrogen-bond donors (Lipinski definition) is 1. The molecule has 4 nitrogen and oxygen atoms in total.